The fraction of sp³-hybridized carbons (Fsp3) is 0.529. The van der Waals surface area contributed by atoms with Crippen LogP contribution >= 0.6 is 0 Å². The van der Waals surface area contributed by atoms with E-state index < -0.39 is 0 Å². The van der Waals surface area contributed by atoms with Crippen LogP contribution in [-0.4, -0.2) is 43.9 Å². The molecule has 0 spiro atoms. The molecule has 1 aromatic carbocycles. The van der Waals surface area contributed by atoms with Crippen molar-refractivity contribution in [1.29, 1.82) is 0 Å². The van der Waals surface area contributed by atoms with Gasteiger partial charge in [0.15, 0.2) is 0 Å². The van der Waals surface area contributed by atoms with E-state index in [0.29, 0.717) is 6.04 Å². The molecule has 0 aliphatic carbocycles. The molecule has 0 radical (unpaired) electrons. The maximum atomic E-state index is 5.83. The molecule has 1 atom stereocenters. The van der Waals surface area contributed by atoms with Crippen LogP contribution in [0.3, 0.4) is 0 Å². The monoisotopic (exact) mass is 277 g/mol. The second-order valence-electron chi connectivity index (χ2n) is 4.74. The quantitative estimate of drug-likeness (QED) is 0.770. The Balaban J connectivity index is 0.000000612. The van der Waals surface area contributed by atoms with Crippen LogP contribution in [0.25, 0.3) is 0 Å². The van der Waals surface area contributed by atoms with Crippen molar-refractivity contribution in [2.24, 2.45) is 0 Å². The van der Waals surface area contributed by atoms with Gasteiger partial charge in [0, 0.05) is 19.1 Å². The Morgan fingerprint density at radius 3 is 2.45 bits per heavy atom. The molecule has 0 bridgehead atoms. The summed E-state index contributed by atoms with van der Waals surface area (Å²) >= 11 is 0. The van der Waals surface area contributed by atoms with Gasteiger partial charge in [-0.15, -0.1) is 6.58 Å². The first kappa shape index (κ1) is 16.7. The van der Waals surface area contributed by atoms with Crippen molar-refractivity contribution < 1.29 is 9.47 Å². The van der Waals surface area contributed by atoms with Gasteiger partial charge in [-0.25, -0.2) is 0 Å². The van der Waals surface area contributed by atoms with Crippen LogP contribution in [0.5, 0.6) is 5.75 Å². The first-order chi connectivity index (χ1) is 9.81. The summed E-state index contributed by atoms with van der Waals surface area (Å²) in [5, 5.41) is 0. The normalized spacial score (nSPS) is 16.7. The molecule has 1 aliphatic heterocycles. The summed E-state index contributed by atoms with van der Waals surface area (Å²) in [6, 6.07) is 10.5. The number of allylic oxidation sites excluding steroid dienone is 1. The number of ether oxygens (including phenoxy) is 2. The van der Waals surface area contributed by atoms with Gasteiger partial charge in [-0.1, -0.05) is 31.2 Å². The smallest absolute Gasteiger partial charge is 0.119 e. The lowest BCUT2D eigenvalue weighted by Gasteiger charge is -2.33. The summed E-state index contributed by atoms with van der Waals surface area (Å²) in [7, 11) is 0. The minimum atomic E-state index is 0.499. The van der Waals surface area contributed by atoms with Gasteiger partial charge in [0.2, 0.25) is 0 Å². The molecule has 1 fully saturated rings. The number of rotatable bonds is 5. The van der Waals surface area contributed by atoms with Crippen molar-refractivity contribution in [3.8, 4) is 5.75 Å². The standard InChI is InChI=1S/C14H21NO2.C3H6/c1-2-13(15-8-10-16-11-9-15)12-17-14-6-4-3-5-7-14;1-3-2/h3-7,13H,2,8-12H2,1H3;3H,1H2,2H3. The maximum absolute atomic E-state index is 5.83. The molecule has 0 amide bonds. The molecule has 1 aliphatic rings. The number of hydrogen-bond acceptors (Lipinski definition) is 3. The lowest BCUT2D eigenvalue weighted by molar-refractivity contribution is 0.00516. The van der Waals surface area contributed by atoms with Crippen LogP contribution in [-0.2, 0) is 4.74 Å². The summed E-state index contributed by atoms with van der Waals surface area (Å²) in [6.07, 6.45) is 2.87. The second kappa shape index (κ2) is 10.5. The van der Waals surface area contributed by atoms with Gasteiger partial charge in [0.25, 0.3) is 0 Å². The van der Waals surface area contributed by atoms with Crippen molar-refractivity contribution in [1.82, 2.24) is 4.90 Å². The average molecular weight is 277 g/mol. The minimum Gasteiger partial charge on any atom is -0.492 e. The molecular formula is C17H27NO2. The van der Waals surface area contributed by atoms with Crippen LogP contribution in [0, 0.1) is 0 Å². The summed E-state index contributed by atoms with van der Waals surface area (Å²) < 4.78 is 11.2. The van der Waals surface area contributed by atoms with E-state index in [4.69, 9.17) is 9.47 Å². The molecule has 0 saturated carbocycles. The molecule has 3 heteroatoms. The summed E-state index contributed by atoms with van der Waals surface area (Å²) in [5.74, 6) is 0.958. The Kier molecular flexibility index (Phi) is 8.76. The van der Waals surface area contributed by atoms with Gasteiger partial charge < -0.3 is 9.47 Å². The molecular weight excluding hydrogens is 250 g/mol. The van der Waals surface area contributed by atoms with E-state index in [9.17, 15) is 0 Å². The van der Waals surface area contributed by atoms with Crippen molar-refractivity contribution in [2.45, 2.75) is 26.3 Å². The maximum Gasteiger partial charge on any atom is 0.119 e. The predicted octanol–water partition coefficient (Wildman–Crippen LogP) is 3.37. The molecule has 0 aromatic heterocycles. The molecule has 0 N–H and O–H groups in total. The molecule has 1 unspecified atom stereocenters. The largest absolute Gasteiger partial charge is 0.492 e. The van der Waals surface area contributed by atoms with Crippen LogP contribution in [0.4, 0.5) is 0 Å². The van der Waals surface area contributed by atoms with Crippen LogP contribution in [0.2, 0.25) is 0 Å². The predicted molar refractivity (Wildman–Crippen MR) is 84.3 cm³/mol. The first-order valence-corrected chi connectivity index (χ1v) is 7.38. The number of morpholine rings is 1. The second-order valence-corrected chi connectivity index (χ2v) is 4.74. The van der Waals surface area contributed by atoms with E-state index in [-0.39, 0.29) is 0 Å². The molecule has 20 heavy (non-hydrogen) atoms. The van der Waals surface area contributed by atoms with Crippen LogP contribution in [0.15, 0.2) is 43.0 Å². The zero-order chi connectivity index (χ0) is 14.6. The Morgan fingerprint density at radius 2 is 1.90 bits per heavy atom. The molecule has 1 aromatic rings. The molecule has 3 nitrogen and oxygen atoms in total. The highest BCUT2D eigenvalue weighted by atomic mass is 16.5. The highest BCUT2D eigenvalue weighted by Crippen LogP contribution is 2.12. The van der Waals surface area contributed by atoms with Crippen LogP contribution in [0.1, 0.15) is 20.3 Å². The number of nitrogens with zero attached hydrogens (tertiary/aromatic N) is 1. The molecule has 1 heterocycles. The minimum absolute atomic E-state index is 0.499. The third-order valence-electron chi connectivity index (χ3n) is 3.22. The Bertz CT molecular complexity index is 347. The van der Waals surface area contributed by atoms with Gasteiger partial charge in [-0.3, -0.25) is 4.90 Å². The zero-order valence-corrected chi connectivity index (χ0v) is 12.8. The fourth-order valence-corrected chi connectivity index (χ4v) is 2.13. The summed E-state index contributed by atoms with van der Waals surface area (Å²) in [6.45, 7) is 12.0. The number of para-hydroxylation sites is 1. The average Bonchev–Trinajstić information content (AvgIpc) is 2.51. The van der Waals surface area contributed by atoms with Crippen LogP contribution < -0.4 is 4.74 Å². The first-order valence-electron chi connectivity index (χ1n) is 7.38. The molecule has 112 valence electrons. The fourth-order valence-electron chi connectivity index (χ4n) is 2.13. The van der Waals surface area contributed by atoms with Gasteiger partial charge in [0.05, 0.1) is 13.2 Å². The SMILES string of the molecule is C=CC.CCC(COc1ccccc1)N1CCOCC1. The van der Waals surface area contributed by atoms with E-state index in [1.807, 2.05) is 37.3 Å². The highest BCUT2D eigenvalue weighted by molar-refractivity contribution is 5.20. The van der Waals surface area contributed by atoms with E-state index in [0.717, 1.165) is 45.1 Å². The van der Waals surface area contributed by atoms with E-state index in [2.05, 4.69) is 18.4 Å². The number of hydrogen-bond donors (Lipinski definition) is 0. The van der Waals surface area contributed by atoms with Crippen molar-refractivity contribution in [2.75, 3.05) is 32.9 Å². The van der Waals surface area contributed by atoms with E-state index in [1.165, 1.54) is 0 Å². The van der Waals surface area contributed by atoms with Gasteiger partial charge in [-0.2, -0.15) is 0 Å². The Morgan fingerprint density at radius 1 is 1.30 bits per heavy atom. The van der Waals surface area contributed by atoms with E-state index in [1.54, 1.807) is 6.08 Å². The van der Waals surface area contributed by atoms with Crippen molar-refractivity contribution in [3.05, 3.63) is 43.0 Å². The molecule has 1 saturated heterocycles. The van der Waals surface area contributed by atoms with Gasteiger partial charge in [-0.05, 0) is 25.5 Å². The van der Waals surface area contributed by atoms with E-state index >= 15 is 0 Å². The van der Waals surface area contributed by atoms with Gasteiger partial charge >= 0.3 is 0 Å². The Labute approximate surface area is 123 Å². The third kappa shape index (κ3) is 6.22. The summed E-state index contributed by atoms with van der Waals surface area (Å²) in [5.41, 5.74) is 0. The number of benzene rings is 1. The summed E-state index contributed by atoms with van der Waals surface area (Å²) in [4.78, 5) is 2.46. The molecule has 2 rings (SSSR count). The lowest BCUT2D eigenvalue weighted by Crippen LogP contribution is -2.45. The van der Waals surface area contributed by atoms with Gasteiger partial charge in [0.1, 0.15) is 12.4 Å². The highest BCUT2D eigenvalue weighted by Gasteiger charge is 2.19. The van der Waals surface area contributed by atoms with Crippen molar-refractivity contribution in [3.63, 3.8) is 0 Å². The topological polar surface area (TPSA) is 21.7 Å². The lowest BCUT2D eigenvalue weighted by atomic mass is 10.2. The zero-order valence-electron chi connectivity index (χ0n) is 12.8. The Hall–Kier alpha value is -1.32. The third-order valence-corrected chi connectivity index (χ3v) is 3.22. The van der Waals surface area contributed by atoms with Crippen molar-refractivity contribution >= 4 is 0 Å².